The molecule has 0 saturated heterocycles. The summed E-state index contributed by atoms with van der Waals surface area (Å²) in [4.78, 5) is 20.6. The van der Waals surface area contributed by atoms with Gasteiger partial charge in [0.05, 0.1) is 0 Å². The number of aliphatic imine (C=N–C) groups is 1. The van der Waals surface area contributed by atoms with E-state index in [9.17, 15) is 4.79 Å². The van der Waals surface area contributed by atoms with Crippen molar-refractivity contribution in [1.29, 1.82) is 0 Å². The van der Waals surface area contributed by atoms with Crippen molar-refractivity contribution in [2.75, 3.05) is 0 Å². The lowest BCUT2D eigenvalue weighted by atomic mass is 10.1. The van der Waals surface area contributed by atoms with Crippen LogP contribution in [0.1, 0.15) is 47.2 Å². The molecule has 1 amide bonds. The molecule has 1 aliphatic carbocycles. The summed E-state index contributed by atoms with van der Waals surface area (Å²) < 4.78 is 0. The maximum Gasteiger partial charge on any atom is 0.260 e. The lowest BCUT2D eigenvalue weighted by Gasteiger charge is -2.32. The first-order valence-electron chi connectivity index (χ1n) is 8.82. The minimum atomic E-state index is -0.546. The van der Waals surface area contributed by atoms with Crippen LogP contribution in [-0.2, 0) is 0 Å². The van der Waals surface area contributed by atoms with Gasteiger partial charge in [-0.05, 0) is 56.9 Å². The summed E-state index contributed by atoms with van der Waals surface area (Å²) in [5.41, 5.74) is 2.73. The van der Waals surface area contributed by atoms with Crippen LogP contribution in [0.15, 0.2) is 53.5 Å². The third kappa shape index (κ3) is 2.87. The zero-order chi connectivity index (χ0) is 18.3. The fourth-order valence-corrected chi connectivity index (χ4v) is 4.50. The Morgan fingerprint density at radius 2 is 1.88 bits per heavy atom. The first kappa shape index (κ1) is 17.4. The van der Waals surface area contributed by atoms with E-state index in [1.54, 1.807) is 4.90 Å². The standard InChI is InChI=1S/C21H19ClN2OS/c1-14-6-4-8-16(12-14)19(25)24-20(26)18(15-7-5-9-17(22)13-15)23-21(24)10-2-3-11-21/h4-9,12-13H,2-3,10-11H2,1H3. The van der Waals surface area contributed by atoms with Crippen molar-refractivity contribution in [2.24, 2.45) is 4.99 Å². The molecule has 2 aromatic rings. The summed E-state index contributed by atoms with van der Waals surface area (Å²) >= 11 is 11.9. The predicted molar refractivity (Wildman–Crippen MR) is 109 cm³/mol. The maximum atomic E-state index is 13.4. The molecule has 0 aromatic heterocycles. The van der Waals surface area contributed by atoms with E-state index in [0.29, 0.717) is 21.3 Å². The highest BCUT2D eigenvalue weighted by Gasteiger charge is 2.50. The first-order valence-corrected chi connectivity index (χ1v) is 9.60. The molecular formula is C21H19ClN2OS. The lowest BCUT2D eigenvalue weighted by molar-refractivity contribution is 0.0724. The average molecular weight is 383 g/mol. The fraction of sp³-hybridized carbons (Fsp3) is 0.286. The largest absolute Gasteiger partial charge is 0.271 e. The van der Waals surface area contributed by atoms with Crippen molar-refractivity contribution in [2.45, 2.75) is 38.3 Å². The number of amides is 1. The molecule has 1 heterocycles. The SMILES string of the molecule is Cc1cccc(C(=O)N2C(=S)C(c3cccc(Cl)c3)=NC23CCCC3)c1. The lowest BCUT2D eigenvalue weighted by Crippen LogP contribution is -2.48. The molecule has 0 radical (unpaired) electrons. The van der Waals surface area contributed by atoms with Crippen molar-refractivity contribution in [3.63, 3.8) is 0 Å². The van der Waals surface area contributed by atoms with Crippen LogP contribution in [0.25, 0.3) is 0 Å². The summed E-state index contributed by atoms with van der Waals surface area (Å²) in [6.07, 6.45) is 3.78. The van der Waals surface area contributed by atoms with E-state index >= 15 is 0 Å². The van der Waals surface area contributed by atoms with E-state index in [4.69, 9.17) is 28.8 Å². The number of carbonyl (C=O) groups excluding carboxylic acids is 1. The molecule has 3 nitrogen and oxygen atoms in total. The molecule has 2 aromatic carbocycles. The molecule has 1 spiro atoms. The van der Waals surface area contributed by atoms with Gasteiger partial charge in [0, 0.05) is 16.1 Å². The molecule has 4 rings (SSSR count). The zero-order valence-corrected chi connectivity index (χ0v) is 16.1. The quantitative estimate of drug-likeness (QED) is 0.669. The van der Waals surface area contributed by atoms with Crippen LogP contribution in [0.5, 0.6) is 0 Å². The Balaban J connectivity index is 1.78. The summed E-state index contributed by atoms with van der Waals surface area (Å²) in [6.45, 7) is 1.98. The van der Waals surface area contributed by atoms with E-state index in [1.807, 2.05) is 55.5 Å². The summed E-state index contributed by atoms with van der Waals surface area (Å²) in [5.74, 6) is -0.0682. The van der Waals surface area contributed by atoms with E-state index in [1.165, 1.54) is 0 Å². The van der Waals surface area contributed by atoms with Crippen LogP contribution < -0.4 is 0 Å². The number of halogens is 1. The fourth-order valence-electron chi connectivity index (χ4n) is 3.89. The van der Waals surface area contributed by atoms with E-state index in [0.717, 1.165) is 36.8 Å². The molecule has 0 N–H and O–H groups in total. The highest BCUT2D eigenvalue weighted by atomic mass is 35.5. The summed E-state index contributed by atoms with van der Waals surface area (Å²) in [7, 11) is 0. The van der Waals surface area contributed by atoms with Gasteiger partial charge in [0.1, 0.15) is 16.4 Å². The monoisotopic (exact) mass is 382 g/mol. The van der Waals surface area contributed by atoms with Gasteiger partial charge in [-0.3, -0.25) is 14.7 Å². The molecule has 0 bridgehead atoms. The Bertz CT molecular complexity index is 931. The van der Waals surface area contributed by atoms with Gasteiger partial charge < -0.3 is 0 Å². The highest BCUT2D eigenvalue weighted by molar-refractivity contribution is 7.82. The van der Waals surface area contributed by atoms with Gasteiger partial charge in [0.15, 0.2) is 0 Å². The minimum Gasteiger partial charge on any atom is -0.271 e. The van der Waals surface area contributed by atoms with Gasteiger partial charge in [-0.15, -0.1) is 0 Å². The van der Waals surface area contributed by atoms with E-state index < -0.39 is 5.66 Å². The Morgan fingerprint density at radius 3 is 2.58 bits per heavy atom. The van der Waals surface area contributed by atoms with Crippen molar-refractivity contribution in [3.05, 3.63) is 70.2 Å². The Hall–Kier alpha value is -2.04. The average Bonchev–Trinajstić information content (AvgIpc) is 3.20. The van der Waals surface area contributed by atoms with Gasteiger partial charge in [-0.1, -0.05) is 53.6 Å². The first-order chi connectivity index (χ1) is 12.5. The minimum absolute atomic E-state index is 0.0682. The van der Waals surface area contributed by atoms with Gasteiger partial charge in [-0.25, -0.2) is 0 Å². The van der Waals surface area contributed by atoms with Crippen molar-refractivity contribution in [1.82, 2.24) is 4.90 Å². The zero-order valence-electron chi connectivity index (χ0n) is 14.5. The molecule has 1 aliphatic heterocycles. The Labute approximate surface area is 163 Å². The second kappa shape index (κ2) is 6.60. The third-order valence-corrected chi connectivity index (χ3v) is 5.72. The number of hydrogen-bond acceptors (Lipinski definition) is 3. The highest BCUT2D eigenvalue weighted by Crippen LogP contribution is 2.42. The number of carbonyl (C=O) groups is 1. The number of benzene rings is 2. The molecular weight excluding hydrogens is 364 g/mol. The molecule has 2 aliphatic rings. The number of nitrogens with zero attached hydrogens (tertiary/aromatic N) is 2. The van der Waals surface area contributed by atoms with Crippen LogP contribution in [0.4, 0.5) is 0 Å². The van der Waals surface area contributed by atoms with Gasteiger partial charge in [0.2, 0.25) is 0 Å². The van der Waals surface area contributed by atoms with Crippen molar-refractivity contribution in [3.8, 4) is 0 Å². The number of aryl methyl sites for hydroxylation is 1. The van der Waals surface area contributed by atoms with Crippen LogP contribution in [0, 0.1) is 6.92 Å². The third-order valence-electron chi connectivity index (χ3n) is 5.11. The number of thiocarbonyl (C=S) groups is 1. The molecule has 1 saturated carbocycles. The van der Waals surface area contributed by atoms with Crippen LogP contribution in [0.2, 0.25) is 5.02 Å². The van der Waals surface area contributed by atoms with E-state index in [-0.39, 0.29) is 5.91 Å². The molecule has 26 heavy (non-hydrogen) atoms. The molecule has 0 unspecified atom stereocenters. The molecule has 5 heteroatoms. The summed E-state index contributed by atoms with van der Waals surface area (Å²) in [5, 5.41) is 0.636. The van der Waals surface area contributed by atoms with Crippen molar-refractivity contribution < 1.29 is 4.79 Å². The molecule has 1 fully saturated rings. The van der Waals surface area contributed by atoms with Gasteiger partial charge >= 0.3 is 0 Å². The maximum absolute atomic E-state index is 13.4. The van der Waals surface area contributed by atoms with Gasteiger partial charge in [0.25, 0.3) is 5.91 Å². The van der Waals surface area contributed by atoms with Gasteiger partial charge in [-0.2, -0.15) is 0 Å². The summed E-state index contributed by atoms with van der Waals surface area (Å²) in [6, 6.07) is 15.2. The van der Waals surface area contributed by atoms with Crippen LogP contribution >= 0.6 is 23.8 Å². The molecule has 132 valence electrons. The predicted octanol–water partition coefficient (Wildman–Crippen LogP) is 5.19. The normalized spacial score (nSPS) is 18.5. The topological polar surface area (TPSA) is 32.7 Å². The second-order valence-corrected chi connectivity index (χ2v) is 7.80. The van der Waals surface area contributed by atoms with Crippen LogP contribution in [0.3, 0.4) is 0 Å². The number of rotatable bonds is 2. The smallest absolute Gasteiger partial charge is 0.260 e. The van der Waals surface area contributed by atoms with E-state index in [2.05, 4.69) is 0 Å². The Kier molecular flexibility index (Phi) is 4.41. The molecule has 0 atom stereocenters. The number of hydrogen-bond donors (Lipinski definition) is 0. The Morgan fingerprint density at radius 1 is 1.15 bits per heavy atom. The second-order valence-electron chi connectivity index (χ2n) is 6.98. The van der Waals surface area contributed by atoms with Crippen molar-refractivity contribution >= 4 is 40.4 Å². The van der Waals surface area contributed by atoms with Crippen LogP contribution in [-0.4, -0.2) is 27.2 Å².